The van der Waals surface area contributed by atoms with Gasteiger partial charge < -0.3 is 0 Å². The van der Waals surface area contributed by atoms with Crippen molar-refractivity contribution in [3.05, 3.63) is 28.0 Å². The second-order valence-corrected chi connectivity index (χ2v) is 9.84. The Kier molecular flexibility index (Phi) is 3.59. The van der Waals surface area contributed by atoms with Crippen molar-refractivity contribution in [2.45, 2.75) is 33.5 Å². The number of nitrogens with zero attached hydrogens (tertiary/aromatic N) is 1. The number of aromatic nitrogens is 1. The summed E-state index contributed by atoms with van der Waals surface area (Å²) >= 11 is 6.03. The van der Waals surface area contributed by atoms with Crippen molar-refractivity contribution >= 4 is 19.7 Å². The monoisotopic (exact) mass is 237 g/mol. The van der Waals surface area contributed by atoms with E-state index in [1.807, 2.05) is 19.9 Å². The van der Waals surface area contributed by atoms with Crippen LogP contribution in [0.5, 0.6) is 0 Å². The summed E-state index contributed by atoms with van der Waals surface area (Å²) in [4.78, 5) is 4.25. The molecule has 0 bridgehead atoms. The van der Waals surface area contributed by atoms with Gasteiger partial charge in [0.05, 0.1) is 5.56 Å². The predicted molar refractivity (Wildman–Crippen MR) is 68.9 cm³/mol. The van der Waals surface area contributed by atoms with E-state index in [4.69, 9.17) is 11.6 Å². The van der Waals surface area contributed by atoms with E-state index >= 15 is 0 Å². The van der Waals surface area contributed by atoms with Gasteiger partial charge in [0.15, 0.2) is 0 Å². The Balaban J connectivity index is 3.15. The molecule has 1 rings (SSSR count). The van der Waals surface area contributed by atoms with Crippen LogP contribution in [0.4, 0.5) is 0 Å². The zero-order chi connectivity index (χ0) is 11.6. The summed E-state index contributed by atoms with van der Waals surface area (Å²) in [6.07, 6.45) is 0. The van der Waals surface area contributed by atoms with Gasteiger partial charge >= 0.3 is 0 Å². The first-order chi connectivity index (χ1) is 6.79. The summed E-state index contributed by atoms with van der Waals surface area (Å²) in [6.45, 7) is 10.6. The second-order valence-electron chi connectivity index (χ2n) is 4.73. The fourth-order valence-electron chi connectivity index (χ4n) is 1.02. The van der Waals surface area contributed by atoms with Crippen LogP contribution in [-0.4, -0.2) is 13.1 Å². The van der Waals surface area contributed by atoms with Crippen LogP contribution in [0.1, 0.15) is 16.8 Å². The van der Waals surface area contributed by atoms with Gasteiger partial charge in [0, 0.05) is 5.69 Å². The van der Waals surface area contributed by atoms with Gasteiger partial charge in [-0.15, -0.1) is 5.54 Å². The lowest BCUT2D eigenvalue weighted by molar-refractivity contribution is 1.14. The van der Waals surface area contributed by atoms with Gasteiger partial charge in [0.2, 0.25) is 0 Å². The zero-order valence-corrected chi connectivity index (χ0v) is 11.7. The Morgan fingerprint density at radius 2 is 1.87 bits per heavy atom. The smallest absolute Gasteiger partial charge is 0.144 e. The molecule has 0 fully saturated rings. The first kappa shape index (κ1) is 12.3. The van der Waals surface area contributed by atoms with Crippen LogP contribution in [0.25, 0.3) is 0 Å². The molecule has 0 atom stereocenters. The van der Waals surface area contributed by atoms with Gasteiger partial charge in [-0.2, -0.15) is 0 Å². The highest BCUT2D eigenvalue weighted by Gasteiger charge is 2.08. The number of hydrogen-bond donors (Lipinski definition) is 0. The lowest BCUT2D eigenvalue weighted by atomic mass is 10.2. The molecule has 0 aliphatic rings. The first-order valence-electron chi connectivity index (χ1n) is 4.96. The van der Waals surface area contributed by atoms with Crippen LogP contribution in [0.3, 0.4) is 0 Å². The molecule has 80 valence electrons. The predicted octanol–water partition coefficient (Wildman–Crippen LogP) is 3.58. The minimum atomic E-state index is -1.34. The first-order valence-corrected chi connectivity index (χ1v) is 8.84. The average Bonchev–Trinajstić information content (AvgIpc) is 2.07. The molecule has 3 heteroatoms. The molecule has 15 heavy (non-hydrogen) atoms. The molecule has 0 amide bonds. The molecule has 0 unspecified atom stereocenters. The fourth-order valence-corrected chi connectivity index (χ4v) is 1.76. The molecule has 0 aromatic carbocycles. The second kappa shape index (κ2) is 4.38. The van der Waals surface area contributed by atoms with E-state index in [1.165, 1.54) is 0 Å². The molecule has 1 nitrogen and oxygen atoms in total. The minimum Gasteiger partial charge on any atom is -0.240 e. The molecule has 0 aliphatic carbocycles. The zero-order valence-electron chi connectivity index (χ0n) is 9.90. The van der Waals surface area contributed by atoms with Crippen molar-refractivity contribution < 1.29 is 0 Å². The highest BCUT2D eigenvalue weighted by atomic mass is 35.5. The number of halogens is 1. The van der Waals surface area contributed by atoms with Gasteiger partial charge in [-0.25, -0.2) is 4.98 Å². The van der Waals surface area contributed by atoms with Gasteiger partial charge in [0.25, 0.3) is 0 Å². The summed E-state index contributed by atoms with van der Waals surface area (Å²) < 4.78 is 0. The van der Waals surface area contributed by atoms with E-state index in [9.17, 15) is 0 Å². The molecule has 0 N–H and O–H groups in total. The van der Waals surface area contributed by atoms with E-state index in [2.05, 4.69) is 36.1 Å². The van der Waals surface area contributed by atoms with Crippen molar-refractivity contribution in [1.82, 2.24) is 4.98 Å². The Hall–Kier alpha value is -0.783. The maximum atomic E-state index is 6.03. The third-order valence-corrected chi connectivity index (χ3v) is 3.15. The van der Waals surface area contributed by atoms with E-state index in [0.29, 0.717) is 5.15 Å². The summed E-state index contributed by atoms with van der Waals surface area (Å²) in [7, 11) is -1.34. The van der Waals surface area contributed by atoms with Gasteiger partial charge in [-0.1, -0.05) is 37.2 Å². The van der Waals surface area contributed by atoms with Crippen LogP contribution in [0.15, 0.2) is 6.07 Å². The van der Waals surface area contributed by atoms with E-state index < -0.39 is 8.07 Å². The highest BCUT2D eigenvalue weighted by Crippen LogP contribution is 2.16. The normalized spacial score (nSPS) is 10.8. The summed E-state index contributed by atoms with van der Waals surface area (Å²) in [5.74, 6) is 3.14. The molecule has 0 saturated carbocycles. The quantitative estimate of drug-likeness (QED) is 0.382. The van der Waals surface area contributed by atoms with E-state index in [0.717, 1.165) is 16.8 Å². The topological polar surface area (TPSA) is 12.9 Å². The van der Waals surface area contributed by atoms with Crippen LogP contribution >= 0.6 is 11.6 Å². The Bertz CT molecular complexity index is 435. The van der Waals surface area contributed by atoms with Gasteiger partial charge in [-0.05, 0) is 25.5 Å². The lowest BCUT2D eigenvalue weighted by Crippen LogP contribution is -2.16. The third kappa shape index (κ3) is 3.69. The summed E-state index contributed by atoms with van der Waals surface area (Å²) in [6, 6.07) is 2.01. The minimum absolute atomic E-state index is 0.517. The Labute approximate surface area is 97.9 Å². The number of pyridine rings is 1. The molecular weight excluding hydrogens is 222 g/mol. The number of rotatable bonds is 0. The molecule has 1 heterocycles. The van der Waals surface area contributed by atoms with Crippen molar-refractivity contribution in [3.63, 3.8) is 0 Å². The molecule has 0 aliphatic heterocycles. The standard InChI is InChI=1S/C12H16ClNSi/c1-9-8-11(6-7-15(3,4)5)12(13)14-10(9)2/h8H,1-5H3. The van der Waals surface area contributed by atoms with Crippen molar-refractivity contribution in [1.29, 1.82) is 0 Å². The maximum absolute atomic E-state index is 6.03. The molecule has 1 aromatic heterocycles. The van der Waals surface area contributed by atoms with Crippen molar-refractivity contribution in [2.75, 3.05) is 0 Å². The Morgan fingerprint density at radius 3 is 2.40 bits per heavy atom. The number of hydrogen-bond acceptors (Lipinski definition) is 1. The number of aryl methyl sites for hydroxylation is 2. The Morgan fingerprint density at radius 1 is 1.27 bits per heavy atom. The molecule has 0 spiro atoms. The van der Waals surface area contributed by atoms with Crippen molar-refractivity contribution in [2.24, 2.45) is 0 Å². The van der Waals surface area contributed by atoms with E-state index in [1.54, 1.807) is 0 Å². The van der Waals surface area contributed by atoms with Crippen LogP contribution < -0.4 is 0 Å². The molecule has 1 aromatic rings. The maximum Gasteiger partial charge on any atom is 0.144 e. The average molecular weight is 238 g/mol. The summed E-state index contributed by atoms with van der Waals surface area (Å²) in [5, 5.41) is 0.517. The third-order valence-electron chi connectivity index (χ3n) is 1.99. The molecular formula is C12H16ClNSi. The molecule has 0 radical (unpaired) electrons. The van der Waals surface area contributed by atoms with Crippen LogP contribution in [0, 0.1) is 25.3 Å². The SMILES string of the molecule is Cc1cc(C#C[Si](C)(C)C)c(Cl)nc1C. The van der Waals surface area contributed by atoms with Crippen LogP contribution in [0.2, 0.25) is 24.8 Å². The lowest BCUT2D eigenvalue weighted by Gasteiger charge is -2.05. The van der Waals surface area contributed by atoms with Gasteiger partial charge in [-0.3, -0.25) is 0 Å². The fraction of sp³-hybridized carbons (Fsp3) is 0.417. The highest BCUT2D eigenvalue weighted by molar-refractivity contribution is 6.83. The van der Waals surface area contributed by atoms with Crippen LogP contribution in [-0.2, 0) is 0 Å². The summed E-state index contributed by atoms with van der Waals surface area (Å²) in [5.41, 5.74) is 6.25. The van der Waals surface area contributed by atoms with Gasteiger partial charge in [0.1, 0.15) is 13.2 Å². The largest absolute Gasteiger partial charge is 0.240 e. The van der Waals surface area contributed by atoms with Crippen molar-refractivity contribution in [3.8, 4) is 11.5 Å². The van der Waals surface area contributed by atoms with E-state index in [-0.39, 0.29) is 0 Å². The molecule has 0 saturated heterocycles.